The number of nitrogens with zero attached hydrogens (tertiary/aromatic N) is 1. The van der Waals surface area contributed by atoms with Gasteiger partial charge in [-0.1, -0.05) is 6.58 Å². The molecule has 0 heterocycles. The van der Waals surface area contributed by atoms with Gasteiger partial charge < -0.3 is 9.58 Å². The van der Waals surface area contributed by atoms with Crippen molar-refractivity contribution in [1.82, 2.24) is 0 Å². The maximum absolute atomic E-state index is 10.4. The van der Waals surface area contributed by atoms with Crippen molar-refractivity contribution in [3.05, 3.63) is 24.1 Å². The summed E-state index contributed by atoms with van der Waals surface area (Å²) in [5.74, 6) is -0.426. The van der Waals surface area contributed by atoms with Crippen LogP contribution in [0.2, 0.25) is 0 Å². The first kappa shape index (κ1) is 8.70. The van der Waals surface area contributed by atoms with Gasteiger partial charge in [0.05, 0.1) is 13.0 Å². The second-order valence-corrected chi connectivity index (χ2v) is 1.61. The van der Waals surface area contributed by atoms with Crippen LogP contribution in [0.4, 0.5) is 0 Å². The Hall–Kier alpha value is -1.30. The third-order valence-electron chi connectivity index (χ3n) is 0.825. The topological polar surface area (TPSA) is 30.7 Å². The number of ether oxygens (including phenoxy) is 1. The predicted molar refractivity (Wildman–Crippen MR) is 37.2 cm³/mol. The maximum Gasteiger partial charge on any atom is 0.330 e. The average Bonchev–Trinajstić information content (AvgIpc) is 1.98. The molecule has 0 aliphatic heterocycles. The van der Waals surface area contributed by atoms with Crippen molar-refractivity contribution in [2.24, 2.45) is 0 Å². The molecule has 0 aromatic carbocycles. The Kier molecular flexibility index (Phi) is 5.07. The molecule has 3 nitrogen and oxygen atoms in total. The van der Waals surface area contributed by atoms with E-state index in [1.54, 1.807) is 0 Å². The Labute approximate surface area is 60.1 Å². The van der Waals surface area contributed by atoms with Crippen LogP contribution in [0.25, 0.3) is 4.85 Å². The molecule has 0 spiro atoms. The summed E-state index contributed by atoms with van der Waals surface area (Å²) >= 11 is 0. The molecule has 0 rings (SSSR count). The zero-order chi connectivity index (χ0) is 7.82. The summed E-state index contributed by atoms with van der Waals surface area (Å²) in [5.41, 5.74) is 0. The smallest absolute Gasteiger partial charge is 0.330 e. The molecule has 0 saturated carbocycles. The highest BCUT2D eigenvalue weighted by Crippen LogP contribution is 1.84. The van der Waals surface area contributed by atoms with Crippen LogP contribution in [-0.2, 0) is 9.53 Å². The predicted octanol–water partition coefficient (Wildman–Crippen LogP) is 1.02. The normalized spacial score (nSPS) is 7.90. The van der Waals surface area contributed by atoms with E-state index in [-0.39, 0.29) is 0 Å². The van der Waals surface area contributed by atoms with Crippen LogP contribution in [0, 0.1) is 6.57 Å². The minimum absolute atomic E-state index is 0.313. The zero-order valence-corrected chi connectivity index (χ0v) is 5.67. The van der Waals surface area contributed by atoms with E-state index in [4.69, 9.17) is 6.57 Å². The number of rotatable bonds is 4. The summed E-state index contributed by atoms with van der Waals surface area (Å²) < 4.78 is 4.59. The largest absolute Gasteiger partial charge is 0.462 e. The molecule has 0 aromatic heterocycles. The van der Waals surface area contributed by atoms with E-state index in [2.05, 4.69) is 16.2 Å². The molecular formula is C7H9NO2. The van der Waals surface area contributed by atoms with Gasteiger partial charge in [-0.15, -0.1) is 0 Å². The van der Waals surface area contributed by atoms with E-state index >= 15 is 0 Å². The van der Waals surface area contributed by atoms with E-state index in [1.807, 2.05) is 0 Å². The number of esters is 1. The van der Waals surface area contributed by atoms with Crippen molar-refractivity contribution in [2.75, 3.05) is 13.2 Å². The van der Waals surface area contributed by atoms with Crippen LogP contribution in [0.1, 0.15) is 6.42 Å². The van der Waals surface area contributed by atoms with Crippen LogP contribution < -0.4 is 0 Å². The van der Waals surface area contributed by atoms with Crippen LogP contribution in [0.15, 0.2) is 12.7 Å². The van der Waals surface area contributed by atoms with Crippen molar-refractivity contribution in [2.45, 2.75) is 6.42 Å². The van der Waals surface area contributed by atoms with Gasteiger partial charge in [0.2, 0.25) is 6.54 Å². The lowest BCUT2D eigenvalue weighted by molar-refractivity contribution is -0.137. The van der Waals surface area contributed by atoms with Crippen molar-refractivity contribution in [3.63, 3.8) is 0 Å². The molecule has 0 unspecified atom stereocenters. The maximum atomic E-state index is 10.4. The second kappa shape index (κ2) is 5.83. The second-order valence-electron chi connectivity index (χ2n) is 1.61. The first-order valence-corrected chi connectivity index (χ1v) is 2.93. The SMILES string of the molecule is [C-]#[N+]CCCOC(=O)C=C. The van der Waals surface area contributed by atoms with Gasteiger partial charge in [0.25, 0.3) is 0 Å². The number of hydrogen-bond acceptors (Lipinski definition) is 2. The third kappa shape index (κ3) is 4.85. The van der Waals surface area contributed by atoms with Crippen LogP contribution in [0.5, 0.6) is 0 Å². The molecule has 0 aromatic rings. The molecule has 3 heteroatoms. The zero-order valence-electron chi connectivity index (χ0n) is 5.67. The molecule has 54 valence electrons. The summed E-state index contributed by atoms with van der Waals surface area (Å²) in [4.78, 5) is 13.4. The summed E-state index contributed by atoms with van der Waals surface area (Å²) in [7, 11) is 0. The minimum Gasteiger partial charge on any atom is -0.462 e. The standard InChI is InChI=1S/C7H9NO2/c1-3-7(9)10-6-4-5-8-2/h3H,1,4-6H2. The van der Waals surface area contributed by atoms with Gasteiger partial charge >= 0.3 is 5.97 Å². The molecule has 10 heavy (non-hydrogen) atoms. The molecule has 0 N–H and O–H groups in total. The molecule has 0 aliphatic rings. The minimum atomic E-state index is -0.426. The molecule has 0 amide bonds. The molecule has 0 saturated heterocycles. The summed E-state index contributed by atoms with van der Waals surface area (Å²) in [6, 6.07) is 0. The lowest BCUT2D eigenvalue weighted by Gasteiger charge is -1.95. The van der Waals surface area contributed by atoms with Gasteiger partial charge in [-0.05, 0) is 0 Å². The summed E-state index contributed by atoms with van der Waals surface area (Å²) in [6.45, 7) is 10.3. The molecule has 0 radical (unpaired) electrons. The fourth-order valence-electron chi connectivity index (χ4n) is 0.375. The van der Waals surface area contributed by atoms with E-state index in [0.717, 1.165) is 6.08 Å². The Morgan fingerprint density at radius 3 is 3.00 bits per heavy atom. The molecule has 0 aliphatic carbocycles. The van der Waals surface area contributed by atoms with Crippen LogP contribution >= 0.6 is 0 Å². The van der Waals surface area contributed by atoms with Gasteiger partial charge in [0.15, 0.2) is 0 Å². The third-order valence-corrected chi connectivity index (χ3v) is 0.825. The van der Waals surface area contributed by atoms with Crippen molar-refractivity contribution in [1.29, 1.82) is 0 Å². The Balaban J connectivity index is 3.13. The van der Waals surface area contributed by atoms with E-state index in [1.165, 1.54) is 0 Å². The summed E-state index contributed by atoms with van der Waals surface area (Å²) in [6.07, 6.45) is 1.71. The van der Waals surface area contributed by atoms with Crippen molar-refractivity contribution >= 4 is 5.97 Å². The number of carbonyl (C=O) groups excluding carboxylic acids is 1. The Bertz CT molecular complexity index is 157. The quantitative estimate of drug-likeness (QED) is 0.252. The highest BCUT2D eigenvalue weighted by molar-refractivity contribution is 5.81. The monoisotopic (exact) mass is 139 g/mol. The van der Waals surface area contributed by atoms with Gasteiger partial charge in [0, 0.05) is 6.08 Å². The van der Waals surface area contributed by atoms with E-state index in [9.17, 15) is 4.79 Å². The first-order valence-electron chi connectivity index (χ1n) is 2.93. The lowest BCUT2D eigenvalue weighted by Crippen LogP contribution is -2.02. The fraction of sp³-hybridized carbons (Fsp3) is 0.429. The number of hydrogen-bond donors (Lipinski definition) is 0. The van der Waals surface area contributed by atoms with E-state index in [0.29, 0.717) is 19.6 Å². The lowest BCUT2D eigenvalue weighted by atomic mass is 10.5. The van der Waals surface area contributed by atoms with Crippen LogP contribution in [0.3, 0.4) is 0 Å². The molecular weight excluding hydrogens is 130 g/mol. The van der Waals surface area contributed by atoms with Gasteiger partial charge in [0.1, 0.15) is 0 Å². The van der Waals surface area contributed by atoms with Crippen molar-refractivity contribution < 1.29 is 9.53 Å². The Morgan fingerprint density at radius 1 is 1.80 bits per heavy atom. The highest BCUT2D eigenvalue weighted by Gasteiger charge is 1.94. The van der Waals surface area contributed by atoms with E-state index < -0.39 is 5.97 Å². The average molecular weight is 139 g/mol. The highest BCUT2D eigenvalue weighted by atomic mass is 16.5. The van der Waals surface area contributed by atoms with Gasteiger partial charge in [-0.3, -0.25) is 0 Å². The molecule has 0 bridgehead atoms. The number of carbonyl (C=O) groups is 1. The fourth-order valence-corrected chi connectivity index (χ4v) is 0.375. The first-order chi connectivity index (χ1) is 4.81. The van der Waals surface area contributed by atoms with Crippen molar-refractivity contribution in [3.8, 4) is 0 Å². The molecule has 0 atom stereocenters. The molecule has 0 fully saturated rings. The summed E-state index contributed by atoms with van der Waals surface area (Å²) in [5, 5.41) is 0. The van der Waals surface area contributed by atoms with Gasteiger partial charge in [-0.2, -0.15) is 0 Å². The Morgan fingerprint density at radius 2 is 2.50 bits per heavy atom. The van der Waals surface area contributed by atoms with Gasteiger partial charge in [-0.25, -0.2) is 11.4 Å². The van der Waals surface area contributed by atoms with Crippen LogP contribution in [-0.4, -0.2) is 19.1 Å².